The van der Waals surface area contributed by atoms with Gasteiger partial charge in [0.25, 0.3) is 0 Å². The first-order valence-corrected chi connectivity index (χ1v) is 12.8. The van der Waals surface area contributed by atoms with Crippen LogP contribution < -0.4 is 0 Å². The first-order valence-electron chi connectivity index (χ1n) is 12.0. The van der Waals surface area contributed by atoms with Gasteiger partial charge in [-0.15, -0.1) is 11.3 Å². The molecule has 4 heteroatoms. The molecule has 0 N–H and O–H groups in total. The normalized spacial score (nSPS) is 12.1. The van der Waals surface area contributed by atoms with E-state index in [2.05, 4.69) is 34.9 Å². The van der Waals surface area contributed by atoms with Crippen LogP contribution in [0.3, 0.4) is 0 Å². The Hall–Kier alpha value is -4.28. The first kappa shape index (κ1) is 22.2. The van der Waals surface area contributed by atoms with Gasteiger partial charge in [-0.3, -0.25) is 9.59 Å². The van der Waals surface area contributed by atoms with Gasteiger partial charge in [-0.2, -0.15) is 0 Å². The summed E-state index contributed by atoms with van der Waals surface area (Å²) in [4.78, 5) is 28.6. The highest BCUT2D eigenvalue weighted by Crippen LogP contribution is 2.42. The third-order valence-corrected chi connectivity index (χ3v) is 7.80. The summed E-state index contributed by atoms with van der Waals surface area (Å²) in [5.41, 5.74) is 5.27. The summed E-state index contributed by atoms with van der Waals surface area (Å²) in [7, 11) is 0. The van der Waals surface area contributed by atoms with Crippen molar-refractivity contribution in [1.82, 2.24) is 4.40 Å². The lowest BCUT2D eigenvalue weighted by molar-refractivity contribution is 0.0894. The van der Waals surface area contributed by atoms with E-state index < -0.39 is 5.92 Å². The van der Waals surface area contributed by atoms with Crippen molar-refractivity contribution in [2.45, 2.75) is 12.3 Å². The summed E-state index contributed by atoms with van der Waals surface area (Å²) in [5.74, 6) is -0.694. The van der Waals surface area contributed by atoms with Gasteiger partial charge in [-0.25, -0.2) is 0 Å². The van der Waals surface area contributed by atoms with E-state index in [0.717, 1.165) is 31.7 Å². The van der Waals surface area contributed by atoms with E-state index >= 15 is 0 Å². The van der Waals surface area contributed by atoms with Crippen LogP contribution in [0.1, 0.15) is 38.6 Å². The topological polar surface area (TPSA) is 38.5 Å². The molecule has 0 aliphatic carbocycles. The minimum atomic E-state index is -0.617. The molecule has 0 aliphatic heterocycles. The minimum Gasteiger partial charge on any atom is -0.306 e. The van der Waals surface area contributed by atoms with Gasteiger partial charge in [0, 0.05) is 34.9 Å². The maximum absolute atomic E-state index is 14.1. The van der Waals surface area contributed by atoms with Crippen molar-refractivity contribution in [2.75, 3.05) is 0 Å². The van der Waals surface area contributed by atoms with Crippen LogP contribution in [-0.2, 0) is 0 Å². The number of rotatable bonds is 7. The third kappa shape index (κ3) is 3.96. The molecule has 6 rings (SSSR count). The van der Waals surface area contributed by atoms with E-state index in [1.807, 2.05) is 91.0 Å². The summed E-state index contributed by atoms with van der Waals surface area (Å²) in [5, 5.41) is 0. The quantitative estimate of drug-likeness (QED) is 0.215. The van der Waals surface area contributed by atoms with Crippen molar-refractivity contribution in [1.29, 1.82) is 0 Å². The predicted molar refractivity (Wildman–Crippen MR) is 147 cm³/mol. The highest BCUT2D eigenvalue weighted by Gasteiger charge is 2.31. The Morgan fingerprint density at radius 2 is 1.28 bits per heavy atom. The Labute approximate surface area is 213 Å². The fraction of sp³-hybridized carbons (Fsp3) is 0.0625. The molecule has 0 fully saturated rings. The summed E-state index contributed by atoms with van der Waals surface area (Å²) < 4.78 is 3.32. The van der Waals surface area contributed by atoms with E-state index in [-0.39, 0.29) is 18.0 Å². The molecular weight excluding hydrogens is 462 g/mol. The Morgan fingerprint density at radius 3 is 1.97 bits per heavy atom. The van der Waals surface area contributed by atoms with Crippen LogP contribution in [0, 0.1) is 0 Å². The number of ketones is 2. The average molecular weight is 486 g/mol. The average Bonchev–Trinajstić information content (AvgIpc) is 3.49. The molecule has 0 spiro atoms. The summed E-state index contributed by atoms with van der Waals surface area (Å²) in [6.07, 6.45) is 2.22. The van der Waals surface area contributed by atoms with Crippen LogP contribution in [0.15, 0.2) is 121 Å². The molecule has 6 aromatic rings. The number of nitrogens with zero attached hydrogens (tertiary/aromatic N) is 1. The Bertz CT molecular complexity index is 1680. The number of Topliss-reactive ketones (excluding diaryl/α,β-unsaturated/α-hetero) is 2. The van der Waals surface area contributed by atoms with Gasteiger partial charge >= 0.3 is 0 Å². The zero-order chi connectivity index (χ0) is 24.5. The Kier molecular flexibility index (Phi) is 5.80. The number of aromatic nitrogens is 1. The summed E-state index contributed by atoms with van der Waals surface area (Å²) in [6, 6.07) is 37.0. The van der Waals surface area contributed by atoms with Gasteiger partial charge in [0.05, 0.1) is 16.1 Å². The monoisotopic (exact) mass is 485 g/mol. The fourth-order valence-corrected chi connectivity index (χ4v) is 6.11. The highest BCUT2D eigenvalue weighted by atomic mass is 32.1. The smallest absolute Gasteiger partial charge is 0.170 e. The number of carbonyl (C=O) groups excluding carboxylic acids is 2. The SMILES string of the molecule is O=C(C[C@@H](C(=O)c1ccccc1)c1c(-c2ccccc2)cn2c1sc1ccccc12)c1ccccc1. The number of fused-ring (bicyclic) bond motifs is 3. The van der Waals surface area contributed by atoms with Gasteiger partial charge in [0.1, 0.15) is 4.83 Å². The molecule has 4 aromatic carbocycles. The molecule has 36 heavy (non-hydrogen) atoms. The number of carbonyl (C=O) groups is 2. The van der Waals surface area contributed by atoms with Crippen LogP contribution >= 0.6 is 11.3 Å². The van der Waals surface area contributed by atoms with Gasteiger partial charge in [-0.05, 0) is 17.7 Å². The molecule has 0 aliphatic rings. The van der Waals surface area contributed by atoms with Gasteiger partial charge in [0.15, 0.2) is 11.6 Å². The first-order chi connectivity index (χ1) is 17.7. The molecule has 0 saturated carbocycles. The maximum Gasteiger partial charge on any atom is 0.170 e. The lowest BCUT2D eigenvalue weighted by Gasteiger charge is -2.17. The standard InChI is InChI=1S/C32H23NO2S/c34-28(23-14-6-2-7-15-23)20-25(31(35)24-16-8-3-9-17-24)30-26(22-12-4-1-5-13-22)21-33-27-18-10-11-19-29(27)36-32(30)33/h1-19,21,25H,20H2/t25-/m1/s1. The maximum atomic E-state index is 14.1. The summed E-state index contributed by atoms with van der Waals surface area (Å²) in [6.45, 7) is 0. The Morgan fingerprint density at radius 1 is 0.694 bits per heavy atom. The van der Waals surface area contributed by atoms with E-state index in [1.54, 1.807) is 11.3 Å². The molecule has 0 amide bonds. The molecular formula is C32H23NO2S. The van der Waals surface area contributed by atoms with Gasteiger partial charge in [-0.1, -0.05) is 103 Å². The predicted octanol–water partition coefficient (Wildman–Crippen LogP) is 8.06. The van der Waals surface area contributed by atoms with Crippen molar-refractivity contribution in [3.05, 3.63) is 138 Å². The second-order valence-corrected chi connectivity index (χ2v) is 9.87. The lowest BCUT2D eigenvalue weighted by Crippen LogP contribution is -2.18. The van der Waals surface area contributed by atoms with Crippen molar-refractivity contribution >= 4 is 38.0 Å². The highest BCUT2D eigenvalue weighted by molar-refractivity contribution is 7.24. The molecule has 1 atom stereocenters. The molecule has 2 aromatic heterocycles. The number of para-hydroxylation sites is 1. The second-order valence-electron chi connectivity index (χ2n) is 8.84. The number of thiazole rings is 1. The zero-order valence-corrected chi connectivity index (χ0v) is 20.3. The molecule has 0 unspecified atom stereocenters. The van der Waals surface area contributed by atoms with E-state index in [9.17, 15) is 9.59 Å². The Balaban J connectivity index is 1.59. The van der Waals surface area contributed by atoms with Crippen LogP contribution in [0.2, 0.25) is 0 Å². The minimum absolute atomic E-state index is 0.0376. The zero-order valence-electron chi connectivity index (χ0n) is 19.5. The van der Waals surface area contributed by atoms with Gasteiger partial charge in [0.2, 0.25) is 0 Å². The van der Waals surface area contributed by atoms with E-state index in [1.165, 1.54) is 0 Å². The number of hydrogen-bond acceptors (Lipinski definition) is 3. The summed E-state index contributed by atoms with van der Waals surface area (Å²) >= 11 is 1.67. The van der Waals surface area contributed by atoms with Crippen LogP contribution in [0.5, 0.6) is 0 Å². The fourth-order valence-electron chi connectivity index (χ4n) is 4.87. The van der Waals surface area contributed by atoms with Crippen LogP contribution in [-0.4, -0.2) is 16.0 Å². The molecule has 0 saturated heterocycles. The van der Waals surface area contributed by atoms with E-state index in [0.29, 0.717) is 11.1 Å². The number of hydrogen-bond donors (Lipinski definition) is 0. The van der Waals surface area contributed by atoms with Crippen molar-refractivity contribution in [2.24, 2.45) is 0 Å². The van der Waals surface area contributed by atoms with E-state index in [4.69, 9.17) is 0 Å². The van der Waals surface area contributed by atoms with Crippen molar-refractivity contribution < 1.29 is 9.59 Å². The van der Waals surface area contributed by atoms with Crippen LogP contribution in [0.25, 0.3) is 26.2 Å². The lowest BCUT2D eigenvalue weighted by atomic mass is 9.83. The third-order valence-electron chi connectivity index (χ3n) is 6.62. The molecule has 3 nitrogen and oxygen atoms in total. The number of benzene rings is 4. The molecule has 0 radical (unpaired) electrons. The van der Waals surface area contributed by atoms with Gasteiger partial charge < -0.3 is 4.40 Å². The molecule has 2 heterocycles. The molecule has 174 valence electrons. The second kappa shape index (κ2) is 9.40. The van der Waals surface area contributed by atoms with Crippen molar-refractivity contribution in [3.63, 3.8) is 0 Å². The van der Waals surface area contributed by atoms with Crippen LogP contribution in [0.4, 0.5) is 0 Å². The molecule has 0 bridgehead atoms. The van der Waals surface area contributed by atoms with Crippen molar-refractivity contribution in [3.8, 4) is 11.1 Å². The largest absolute Gasteiger partial charge is 0.306 e.